The predicted octanol–water partition coefficient (Wildman–Crippen LogP) is 3.63. The lowest BCUT2D eigenvalue weighted by molar-refractivity contribution is -0.131. The van der Waals surface area contributed by atoms with Crippen LogP contribution in [0.2, 0.25) is 6.04 Å². The summed E-state index contributed by atoms with van der Waals surface area (Å²) in [5.41, 5.74) is 1.24. The van der Waals surface area contributed by atoms with Gasteiger partial charge >= 0.3 is 5.97 Å². The van der Waals surface area contributed by atoms with Crippen LogP contribution in [-0.2, 0) is 11.2 Å². The Morgan fingerprint density at radius 1 is 1.24 bits per heavy atom. The van der Waals surface area contributed by atoms with Crippen LogP contribution in [0.25, 0.3) is 0 Å². The minimum atomic E-state index is -1.43. The molecule has 0 saturated heterocycles. The zero-order chi connectivity index (χ0) is 12.7. The molecule has 0 unspecified atom stereocenters. The molecule has 0 N–H and O–H groups in total. The number of carbonyl (C=O) groups excluding carboxylic acids is 1. The van der Waals surface area contributed by atoms with Gasteiger partial charge < -0.3 is 4.74 Å². The Balaban J connectivity index is 2.32. The van der Waals surface area contributed by atoms with Gasteiger partial charge in [0.25, 0.3) is 0 Å². The first-order valence-electron chi connectivity index (χ1n) is 5.63. The molecule has 0 heterocycles. The van der Waals surface area contributed by atoms with Gasteiger partial charge in [0.1, 0.15) is 5.75 Å². The van der Waals surface area contributed by atoms with Gasteiger partial charge in [-0.1, -0.05) is 18.6 Å². The number of benzene rings is 1. The number of halogens is 2. The molecule has 0 spiro atoms. The topological polar surface area (TPSA) is 26.3 Å². The van der Waals surface area contributed by atoms with Gasteiger partial charge in [-0.05, 0) is 36.6 Å². The van der Waals surface area contributed by atoms with Crippen molar-refractivity contribution in [3.8, 4) is 5.75 Å². The predicted molar refractivity (Wildman–Crippen MR) is 74.4 cm³/mol. The van der Waals surface area contributed by atoms with Crippen molar-refractivity contribution in [2.75, 3.05) is 0 Å². The van der Waals surface area contributed by atoms with E-state index in [2.05, 4.69) is 0 Å². The number of hydrogen-bond donors (Lipinski definition) is 0. The third-order valence-electron chi connectivity index (χ3n) is 2.32. The number of esters is 1. The van der Waals surface area contributed by atoms with E-state index in [4.69, 9.17) is 26.9 Å². The third-order valence-corrected chi connectivity index (χ3v) is 4.48. The van der Waals surface area contributed by atoms with Gasteiger partial charge in [-0.3, -0.25) is 4.79 Å². The molecule has 0 aliphatic heterocycles. The average molecular weight is 291 g/mol. The van der Waals surface area contributed by atoms with Gasteiger partial charge in [0.15, 0.2) is 0 Å². The van der Waals surface area contributed by atoms with Crippen LogP contribution in [0, 0.1) is 0 Å². The molecule has 1 aromatic carbocycles. The summed E-state index contributed by atoms with van der Waals surface area (Å²) < 4.78 is 4.96. The van der Waals surface area contributed by atoms with Crippen LogP contribution in [0.4, 0.5) is 0 Å². The molecule has 0 saturated carbocycles. The summed E-state index contributed by atoms with van der Waals surface area (Å²) in [7, 11) is -1.43. The average Bonchev–Trinajstić information content (AvgIpc) is 2.25. The molecule has 0 aliphatic rings. The number of hydrogen-bond acceptors (Lipinski definition) is 2. The van der Waals surface area contributed by atoms with Gasteiger partial charge in [-0.15, -0.1) is 0 Å². The van der Waals surface area contributed by atoms with E-state index >= 15 is 0 Å². The highest BCUT2D eigenvalue weighted by molar-refractivity contribution is 7.33. The lowest BCUT2D eigenvalue weighted by Crippen LogP contribution is -2.01. The second-order valence-electron chi connectivity index (χ2n) is 3.87. The lowest BCUT2D eigenvalue weighted by Gasteiger charge is -2.04. The monoisotopic (exact) mass is 290 g/mol. The van der Waals surface area contributed by atoms with Crippen molar-refractivity contribution in [2.45, 2.75) is 32.2 Å². The molecule has 0 aliphatic carbocycles. The van der Waals surface area contributed by atoms with Gasteiger partial charge in [0.05, 0.1) is 0 Å². The normalized spacial score (nSPS) is 10.6. The van der Waals surface area contributed by atoms with Crippen LogP contribution in [0.3, 0.4) is 0 Å². The summed E-state index contributed by atoms with van der Waals surface area (Å²) in [6.45, 7) is 1.40. The van der Waals surface area contributed by atoms with Crippen LogP contribution < -0.4 is 4.74 Å². The smallest absolute Gasteiger partial charge is 0.308 e. The molecular formula is C12H16Cl2O2Si. The third kappa shape index (κ3) is 6.71. The Hall–Kier alpha value is -0.513. The Morgan fingerprint density at radius 3 is 2.41 bits per heavy atom. The fourth-order valence-electron chi connectivity index (χ4n) is 1.52. The van der Waals surface area contributed by atoms with Crippen LogP contribution in [0.15, 0.2) is 24.3 Å². The lowest BCUT2D eigenvalue weighted by atomic mass is 10.1. The van der Waals surface area contributed by atoms with Gasteiger partial charge in [-0.2, -0.15) is 22.2 Å². The van der Waals surface area contributed by atoms with Crippen molar-refractivity contribution in [1.29, 1.82) is 0 Å². The second-order valence-corrected chi connectivity index (χ2v) is 9.07. The summed E-state index contributed by atoms with van der Waals surface area (Å²) in [4.78, 5) is 10.7. The highest BCUT2D eigenvalue weighted by atomic mass is 35.7. The molecule has 0 amide bonds. The Morgan fingerprint density at radius 2 is 1.88 bits per heavy atom. The number of carbonyl (C=O) groups is 1. The fraction of sp³-hybridized carbons (Fsp3) is 0.417. The van der Waals surface area contributed by atoms with E-state index in [1.807, 2.05) is 24.3 Å². The van der Waals surface area contributed by atoms with Crippen molar-refractivity contribution >= 4 is 35.5 Å². The number of aryl methyl sites for hydroxylation is 1. The van der Waals surface area contributed by atoms with Crippen LogP contribution in [0.5, 0.6) is 5.75 Å². The Bertz CT molecular complexity index is 352. The molecule has 1 aromatic rings. The maximum atomic E-state index is 10.7. The molecule has 0 fully saturated rings. The van der Waals surface area contributed by atoms with E-state index in [0.717, 1.165) is 25.3 Å². The van der Waals surface area contributed by atoms with Gasteiger partial charge in [-0.25, -0.2) is 0 Å². The van der Waals surface area contributed by atoms with E-state index in [1.165, 1.54) is 12.5 Å². The van der Waals surface area contributed by atoms with Gasteiger partial charge in [0.2, 0.25) is 7.42 Å². The molecular weight excluding hydrogens is 275 g/mol. The number of ether oxygens (including phenoxy) is 1. The molecule has 0 radical (unpaired) electrons. The van der Waals surface area contributed by atoms with Gasteiger partial charge in [0, 0.05) is 6.92 Å². The summed E-state index contributed by atoms with van der Waals surface area (Å²) >= 11 is 11.6. The quantitative estimate of drug-likeness (QED) is 0.263. The summed E-state index contributed by atoms with van der Waals surface area (Å²) in [6.07, 6.45) is 3.18. The molecule has 2 nitrogen and oxygen atoms in total. The fourth-order valence-corrected chi connectivity index (χ4v) is 3.04. The summed E-state index contributed by atoms with van der Waals surface area (Å²) in [5.74, 6) is 0.299. The highest BCUT2D eigenvalue weighted by Crippen LogP contribution is 2.15. The maximum absolute atomic E-state index is 10.7. The van der Waals surface area contributed by atoms with E-state index < -0.39 is 7.42 Å². The van der Waals surface area contributed by atoms with E-state index in [1.54, 1.807) is 0 Å². The largest absolute Gasteiger partial charge is 0.427 e. The molecule has 0 atom stereocenters. The SMILES string of the molecule is CC(=O)Oc1ccc(CCCC[SiH](Cl)Cl)cc1. The second kappa shape index (κ2) is 7.74. The summed E-state index contributed by atoms with van der Waals surface area (Å²) in [5, 5.41) is 0. The van der Waals surface area contributed by atoms with Crippen LogP contribution in [-0.4, -0.2) is 13.4 Å². The minimum Gasteiger partial charge on any atom is -0.427 e. The minimum absolute atomic E-state index is 0.294. The summed E-state index contributed by atoms with van der Waals surface area (Å²) in [6, 6.07) is 8.56. The van der Waals surface area contributed by atoms with Crippen LogP contribution in [0.1, 0.15) is 25.3 Å². The first-order valence-corrected chi connectivity index (χ1v) is 9.94. The number of rotatable bonds is 6. The standard InChI is InChI=1S/C12H16Cl2O2Si/c1-10(15)16-12-7-5-11(6-8-12)4-2-3-9-17(13)14/h5-8,17H,2-4,9H2,1H3. The molecule has 0 aromatic heterocycles. The Labute approximate surface area is 113 Å². The first kappa shape index (κ1) is 14.5. The first-order chi connectivity index (χ1) is 8.08. The number of unbranched alkanes of at least 4 members (excludes halogenated alkanes) is 1. The van der Waals surface area contributed by atoms with Crippen molar-refractivity contribution in [3.63, 3.8) is 0 Å². The molecule has 1 rings (SSSR count). The zero-order valence-electron chi connectivity index (χ0n) is 9.79. The van der Waals surface area contributed by atoms with E-state index in [9.17, 15) is 4.79 Å². The zero-order valence-corrected chi connectivity index (χ0v) is 12.5. The van der Waals surface area contributed by atoms with Crippen molar-refractivity contribution in [3.05, 3.63) is 29.8 Å². The Kier molecular flexibility index (Phi) is 6.63. The maximum Gasteiger partial charge on any atom is 0.308 e. The molecule has 94 valence electrons. The van der Waals surface area contributed by atoms with E-state index in [0.29, 0.717) is 5.75 Å². The van der Waals surface area contributed by atoms with E-state index in [-0.39, 0.29) is 5.97 Å². The van der Waals surface area contributed by atoms with Crippen molar-refractivity contribution in [2.24, 2.45) is 0 Å². The van der Waals surface area contributed by atoms with Crippen molar-refractivity contribution < 1.29 is 9.53 Å². The van der Waals surface area contributed by atoms with Crippen LogP contribution >= 0.6 is 22.2 Å². The van der Waals surface area contributed by atoms with Crippen molar-refractivity contribution in [1.82, 2.24) is 0 Å². The molecule has 5 heteroatoms. The molecule has 17 heavy (non-hydrogen) atoms. The molecule has 0 bridgehead atoms. The highest BCUT2D eigenvalue weighted by Gasteiger charge is 2.02.